The molecule has 2 heterocycles. The van der Waals surface area contributed by atoms with Crippen LogP contribution in [0.15, 0.2) is 23.6 Å². The van der Waals surface area contributed by atoms with Crippen LogP contribution in [-0.2, 0) is 0 Å². The number of nitrogens with zero attached hydrogens (tertiary/aromatic N) is 3. The van der Waals surface area contributed by atoms with Crippen molar-refractivity contribution in [3.63, 3.8) is 0 Å². The van der Waals surface area contributed by atoms with E-state index in [-0.39, 0.29) is 11.9 Å². The first-order valence-corrected chi connectivity index (χ1v) is 6.79. The van der Waals surface area contributed by atoms with Crippen molar-refractivity contribution in [2.24, 2.45) is 0 Å². The number of nitrogen functional groups attached to an aromatic ring is 1. The maximum atomic E-state index is 13.4. The maximum absolute atomic E-state index is 13.4. The maximum Gasteiger partial charge on any atom is 0.201 e. The zero-order chi connectivity index (χ0) is 13.6. The predicted octanol–water partition coefficient (Wildman–Crippen LogP) is 3.13. The minimum absolute atomic E-state index is 0.0644. The molecule has 1 unspecified atom stereocenters. The summed E-state index contributed by atoms with van der Waals surface area (Å²) in [5, 5.41) is 2.93. The molecule has 0 spiro atoms. The lowest BCUT2D eigenvalue weighted by Gasteiger charge is -2.13. The van der Waals surface area contributed by atoms with Gasteiger partial charge in [-0.1, -0.05) is 0 Å². The summed E-state index contributed by atoms with van der Waals surface area (Å²) >= 11 is 1.57. The molecule has 2 N–H and O–H groups in total. The molecule has 0 bridgehead atoms. The van der Waals surface area contributed by atoms with Crippen LogP contribution in [0.2, 0.25) is 0 Å². The van der Waals surface area contributed by atoms with Crippen LogP contribution in [0.5, 0.6) is 0 Å². The third-order valence-electron chi connectivity index (χ3n) is 3.06. The normalized spacial score (nSPS) is 13.0. The van der Waals surface area contributed by atoms with Gasteiger partial charge in [-0.15, -0.1) is 11.3 Å². The minimum atomic E-state index is -0.295. The lowest BCUT2D eigenvalue weighted by Crippen LogP contribution is -2.10. The Morgan fingerprint density at radius 2 is 2.16 bits per heavy atom. The van der Waals surface area contributed by atoms with Crippen molar-refractivity contribution >= 4 is 28.3 Å². The van der Waals surface area contributed by atoms with Gasteiger partial charge < -0.3 is 10.3 Å². The summed E-state index contributed by atoms with van der Waals surface area (Å²) in [6, 6.07) is 4.41. The molecule has 0 saturated carbocycles. The van der Waals surface area contributed by atoms with Crippen LogP contribution in [-0.4, -0.2) is 14.5 Å². The van der Waals surface area contributed by atoms with Gasteiger partial charge in [0.15, 0.2) is 0 Å². The lowest BCUT2D eigenvalue weighted by atomic mass is 10.2. The largest absolute Gasteiger partial charge is 0.369 e. The molecule has 0 fully saturated rings. The summed E-state index contributed by atoms with van der Waals surface area (Å²) in [6.45, 7) is 3.93. The van der Waals surface area contributed by atoms with E-state index in [9.17, 15) is 4.39 Å². The summed E-state index contributed by atoms with van der Waals surface area (Å²) < 4.78 is 15.2. The standard InChI is InChI=1S/C13H13FN4S/c1-7-6-19-12(16-7)8(2)18-11-5-9(14)3-4-10(11)17-13(18)15/h3-6,8H,1-2H3,(H2,15,17). The molecule has 0 radical (unpaired) electrons. The van der Waals surface area contributed by atoms with Crippen molar-refractivity contribution in [2.45, 2.75) is 19.9 Å². The zero-order valence-corrected chi connectivity index (χ0v) is 11.4. The molecule has 3 aromatic rings. The summed E-state index contributed by atoms with van der Waals surface area (Å²) in [6.07, 6.45) is 0. The van der Waals surface area contributed by atoms with E-state index in [1.54, 1.807) is 17.4 Å². The fraction of sp³-hybridized carbons (Fsp3) is 0.231. The van der Waals surface area contributed by atoms with E-state index in [0.29, 0.717) is 17.0 Å². The highest BCUT2D eigenvalue weighted by Gasteiger charge is 2.18. The average Bonchev–Trinajstić information content (AvgIpc) is 2.91. The lowest BCUT2D eigenvalue weighted by molar-refractivity contribution is 0.624. The van der Waals surface area contributed by atoms with E-state index < -0.39 is 0 Å². The van der Waals surface area contributed by atoms with Gasteiger partial charge >= 0.3 is 0 Å². The van der Waals surface area contributed by atoms with Gasteiger partial charge in [-0.3, -0.25) is 0 Å². The SMILES string of the molecule is Cc1csc(C(C)n2c(N)nc3ccc(F)cc32)n1. The fourth-order valence-corrected chi connectivity index (χ4v) is 3.01. The van der Waals surface area contributed by atoms with E-state index in [0.717, 1.165) is 10.7 Å². The number of halogens is 1. The third-order valence-corrected chi connectivity index (χ3v) is 4.19. The quantitative estimate of drug-likeness (QED) is 0.782. The number of hydrogen-bond acceptors (Lipinski definition) is 4. The molecule has 98 valence electrons. The number of aryl methyl sites for hydroxylation is 1. The van der Waals surface area contributed by atoms with Crippen LogP contribution in [0.4, 0.5) is 10.3 Å². The van der Waals surface area contributed by atoms with Crippen LogP contribution >= 0.6 is 11.3 Å². The van der Waals surface area contributed by atoms with E-state index in [2.05, 4.69) is 9.97 Å². The molecule has 4 nitrogen and oxygen atoms in total. The highest BCUT2D eigenvalue weighted by Crippen LogP contribution is 2.29. The average molecular weight is 276 g/mol. The number of aromatic nitrogens is 3. The van der Waals surface area contributed by atoms with Gasteiger partial charge in [0.2, 0.25) is 5.95 Å². The van der Waals surface area contributed by atoms with Crippen LogP contribution in [0.1, 0.15) is 23.7 Å². The molecule has 2 aromatic heterocycles. The Hall–Kier alpha value is -1.95. The molecule has 6 heteroatoms. The number of nitrogens with two attached hydrogens (primary N) is 1. The molecule has 0 amide bonds. The molecular weight excluding hydrogens is 263 g/mol. The van der Waals surface area contributed by atoms with Crippen LogP contribution in [0, 0.1) is 12.7 Å². The molecular formula is C13H13FN4S. The van der Waals surface area contributed by atoms with E-state index in [1.807, 2.05) is 23.8 Å². The first-order valence-electron chi connectivity index (χ1n) is 5.91. The van der Waals surface area contributed by atoms with Crippen LogP contribution in [0.3, 0.4) is 0 Å². The van der Waals surface area contributed by atoms with Crippen molar-refractivity contribution in [1.29, 1.82) is 0 Å². The molecule has 3 rings (SSSR count). The van der Waals surface area contributed by atoms with E-state index in [1.165, 1.54) is 12.1 Å². The fourth-order valence-electron chi connectivity index (χ4n) is 2.17. The van der Waals surface area contributed by atoms with Crippen molar-refractivity contribution in [3.05, 3.63) is 40.1 Å². The van der Waals surface area contributed by atoms with Crippen LogP contribution < -0.4 is 5.73 Å². The van der Waals surface area contributed by atoms with Gasteiger partial charge in [0.25, 0.3) is 0 Å². The molecule has 0 saturated heterocycles. The number of anilines is 1. The van der Waals surface area contributed by atoms with Gasteiger partial charge in [-0.05, 0) is 32.0 Å². The highest BCUT2D eigenvalue weighted by molar-refractivity contribution is 7.09. The first kappa shape index (κ1) is 12.1. The van der Waals surface area contributed by atoms with Gasteiger partial charge in [-0.2, -0.15) is 0 Å². The zero-order valence-electron chi connectivity index (χ0n) is 10.6. The van der Waals surface area contributed by atoms with E-state index in [4.69, 9.17) is 5.73 Å². The molecule has 0 aliphatic rings. The second kappa shape index (κ2) is 4.31. The Balaban J connectivity index is 2.18. The van der Waals surface area contributed by atoms with Gasteiger partial charge in [0, 0.05) is 11.1 Å². The Bertz CT molecular complexity index is 746. The van der Waals surface area contributed by atoms with Crippen molar-refractivity contribution in [1.82, 2.24) is 14.5 Å². The first-order chi connectivity index (χ1) is 9.06. The number of hydrogen-bond donors (Lipinski definition) is 1. The minimum Gasteiger partial charge on any atom is -0.369 e. The Morgan fingerprint density at radius 1 is 1.37 bits per heavy atom. The Morgan fingerprint density at radius 3 is 2.84 bits per heavy atom. The van der Waals surface area contributed by atoms with Crippen molar-refractivity contribution in [3.8, 4) is 0 Å². The molecule has 19 heavy (non-hydrogen) atoms. The summed E-state index contributed by atoms with van der Waals surface area (Å²) in [5.41, 5.74) is 8.31. The Labute approximate surface area is 113 Å². The van der Waals surface area contributed by atoms with Crippen molar-refractivity contribution < 1.29 is 4.39 Å². The molecule has 0 aliphatic heterocycles. The van der Waals surface area contributed by atoms with Crippen molar-refractivity contribution in [2.75, 3.05) is 5.73 Å². The number of thiazole rings is 1. The highest BCUT2D eigenvalue weighted by atomic mass is 32.1. The topological polar surface area (TPSA) is 56.7 Å². The van der Waals surface area contributed by atoms with Crippen LogP contribution in [0.25, 0.3) is 11.0 Å². The number of benzene rings is 1. The predicted molar refractivity (Wildman–Crippen MR) is 74.8 cm³/mol. The number of rotatable bonds is 2. The second-order valence-corrected chi connectivity index (χ2v) is 5.37. The number of imidazole rings is 1. The van der Waals surface area contributed by atoms with Gasteiger partial charge in [0.05, 0.1) is 17.1 Å². The summed E-state index contributed by atoms with van der Waals surface area (Å²) in [7, 11) is 0. The monoisotopic (exact) mass is 276 g/mol. The Kier molecular flexibility index (Phi) is 2.74. The number of fused-ring (bicyclic) bond motifs is 1. The van der Waals surface area contributed by atoms with Gasteiger partial charge in [0.1, 0.15) is 10.8 Å². The molecule has 0 aliphatic carbocycles. The van der Waals surface area contributed by atoms with E-state index >= 15 is 0 Å². The summed E-state index contributed by atoms with van der Waals surface area (Å²) in [5.74, 6) is 0.0807. The summed E-state index contributed by atoms with van der Waals surface area (Å²) in [4.78, 5) is 8.72. The van der Waals surface area contributed by atoms with Gasteiger partial charge in [-0.25, -0.2) is 14.4 Å². The smallest absolute Gasteiger partial charge is 0.201 e. The molecule has 1 atom stereocenters. The molecule has 1 aromatic carbocycles. The third kappa shape index (κ3) is 1.98. The second-order valence-electron chi connectivity index (χ2n) is 4.48.